The third-order valence-corrected chi connectivity index (χ3v) is 2.84. The van der Waals surface area contributed by atoms with E-state index in [1.165, 1.54) is 0 Å². The number of phenols is 1. The van der Waals surface area contributed by atoms with Crippen LogP contribution in [-0.2, 0) is 17.6 Å². The van der Waals surface area contributed by atoms with Gasteiger partial charge in [0.2, 0.25) is 0 Å². The van der Waals surface area contributed by atoms with E-state index >= 15 is 0 Å². The Morgan fingerprint density at radius 3 is 2.80 bits per heavy atom. The summed E-state index contributed by atoms with van der Waals surface area (Å²) in [6.45, 7) is 0.583. The van der Waals surface area contributed by atoms with E-state index in [1.54, 1.807) is 6.07 Å². The lowest BCUT2D eigenvalue weighted by Gasteiger charge is -2.18. The number of carbonyl (C=O) groups excluding carboxylic acids is 1. The highest BCUT2D eigenvalue weighted by Crippen LogP contribution is 2.43. The fourth-order valence-electron chi connectivity index (χ4n) is 2.08. The fraction of sp³-hybridized carbons (Fsp3) is 0.364. The van der Waals surface area contributed by atoms with Crippen LogP contribution in [0.3, 0.4) is 0 Å². The molecule has 2 heterocycles. The molecule has 3 rings (SSSR count). The molecule has 0 aromatic heterocycles. The standard InChI is InChI=1S/C11H10O4/c12-10-2-1-6-9(15-10)5-8-7(11(6)13)3-4-14-8/h5,13H,1-4H2. The van der Waals surface area contributed by atoms with Crippen LogP contribution < -0.4 is 9.47 Å². The van der Waals surface area contributed by atoms with Crippen molar-refractivity contribution in [1.29, 1.82) is 0 Å². The van der Waals surface area contributed by atoms with Crippen LogP contribution in [0, 0.1) is 0 Å². The molecule has 2 aliphatic rings. The van der Waals surface area contributed by atoms with Crippen molar-refractivity contribution in [2.75, 3.05) is 6.61 Å². The summed E-state index contributed by atoms with van der Waals surface area (Å²) >= 11 is 0. The Morgan fingerprint density at radius 1 is 1.13 bits per heavy atom. The topological polar surface area (TPSA) is 55.8 Å². The van der Waals surface area contributed by atoms with Gasteiger partial charge in [0.15, 0.2) is 0 Å². The zero-order chi connectivity index (χ0) is 10.4. The maximum atomic E-state index is 11.1. The van der Waals surface area contributed by atoms with E-state index in [0.717, 1.165) is 17.5 Å². The molecule has 78 valence electrons. The van der Waals surface area contributed by atoms with E-state index in [4.69, 9.17) is 9.47 Å². The first-order chi connectivity index (χ1) is 7.25. The van der Waals surface area contributed by atoms with E-state index in [2.05, 4.69) is 0 Å². The van der Waals surface area contributed by atoms with E-state index in [0.29, 0.717) is 30.9 Å². The van der Waals surface area contributed by atoms with Gasteiger partial charge in [-0.2, -0.15) is 0 Å². The summed E-state index contributed by atoms with van der Waals surface area (Å²) in [5.41, 5.74) is 1.57. The minimum Gasteiger partial charge on any atom is -0.507 e. The molecular weight excluding hydrogens is 196 g/mol. The number of rotatable bonds is 0. The maximum absolute atomic E-state index is 11.1. The average Bonchev–Trinajstić information content (AvgIpc) is 2.65. The molecule has 0 radical (unpaired) electrons. The quantitative estimate of drug-likeness (QED) is 0.511. The molecule has 1 aromatic carbocycles. The van der Waals surface area contributed by atoms with Gasteiger partial charge in [-0.05, 0) is 6.42 Å². The number of carbonyl (C=O) groups is 1. The molecule has 0 spiro atoms. The molecule has 0 fully saturated rings. The number of hydrogen-bond donors (Lipinski definition) is 1. The van der Waals surface area contributed by atoms with Crippen LogP contribution in [0.15, 0.2) is 6.07 Å². The number of benzene rings is 1. The van der Waals surface area contributed by atoms with E-state index in [1.807, 2.05) is 0 Å². The molecule has 15 heavy (non-hydrogen) atoms. The number of fused-ring (bicyclic) bond motifs is 2. The van der Waals surface area contributed by atoms with Crippen molar-refractivity contribution >= 4 is 5.97 Å². The number of hydrogen-bond acceptors (Lipinski definition) is 4. The zero-order valence-corrected chi connectivity index (χ0v) is 8.08. The second-order valence-corrected chi connectivity index (χ2v) is 3.75. The van der Waals surface area contributed by atoms with Gasteiger partial charge in [0, 0.05) is 23.6 Å². The Balaban J connectivity index is 2.18. The normalized spacial score (nSPS) is 17.7. The first-order valence-corrected chi connectivity index (χ1v) is 4.97. The van der Waals surface area contributed by atoms with Gasteiger partial charge >= 0.3 is 5.97 Å². The summed E-state index contributed by atoms with van der Waals surface area (Å²) in [5.74, 6) is 1.08. The summed E-state index contributed by atoms with van der Waals surface area (Å²) in [6, 6.07) is 1.70. The Labute approximate surface area is 86.4 Å². The van der Waals surface area contributed by atoms with Crippen molar-refractivity contribution in [2.24, 2.45) is 0 Å². The van der Waals surface area contributed by atoms with Crippen molar-refractivity contribution in [3.63, 3.8) is 0 Å². The molecule has 0 saturated carbocycles. The van der Waals surface area contributed by atoms with Gasteiger partial charge < -0.3 is 14.6 Å². The number of ether oxygens (including phenoxy) is 2. The maximum Gasteiger partial charge on any atom is 0.311 e. The lowest BCUT2D eigenvalue weighted by molar-refractivity contribution is -0.135. The van der Waals surface area contributed by atoms with Crippen LogP contribution >= 0.6 is 0 Å². The van der Waals surface area contributed by atoms with Gasteiger partial charge in [0.1, 0.15) is 17.2 Å². The molecule has 4 nitrogen and oxygen atoms in total. The van der Waals surface area contributed by atoms with Gasteiger partial charge in [-0.1, -0.05) is 0 Å². The van der Waals surface area contributed by atoms with Gasteiger partial charge in [0.25, 0.3) is 0 Å². The highest BCUT2D eigenvalue weighted by atomic mass is 16.5. The summed E-state index contributed by atoms with van der Waals surface area (Å²) in [7, 11) is 0. The molecule has 1 aromatic rings. The van der Waals surface area contributed by atoms with Crippen molar-refractivity contribution in [1.82, 2.24) is 0 Å². The minimum absolute atomic E-state index is 0.243. The fourth-order valence-corrected chi connectivity index (χ4v) is 2.08. The smallest absolute Gasteiger partial charge is 0.311 e. The molecule has 0 aliphatic carbocycles. The molecule has 1 N–H and O–H groups in total. The van der Waals surface area contributed by atoms with E-state index in [-0.39, 0.29) is 11.7 Å². The highest BCUT2D eigenvalue weighted by Gasteiger charge is 2.27. The second kappa shape index (κ2) is 2.89. The van der Waals surface area contributed by atoms with E-state index in [9.17, 15) is 9.90 Å². The number of esters is 1. The first-order valence-electron chi connectivity index (χ1n) is 4.97. The first kappa shape index (κ1) is 8.59. The average molecular weight is 206 g/mol. The molecule has 2 aliphatic heterocycles. The summed E-state index contributed by atoms with van der Waals surface area (Å²) in [5, 5.41) is 9.97. The zero-order valence-electron chi connectivity index (χ0n) is 8.08. The summed E-state index contributed by atoms with van der Waals surface area (Å²) in [4.78, 5) is 11.1. The van der Waals surface area contributed by atoms with Crippen LogP contribution in [0.25, 0.3) is 0 Å². The van der Waals surface area contributed by atoms with Crippen molar-refractivity contribution in [3.05, 3.63) is 17.2 Å². The number of phenolic OH excluding ortho intramolecular Hbond substituents is 1. The third kappa shape index (κ3) is 1.17. The second-order valence-electron chi connectivity index (χ2n) is 3.75. The number of aromatic hydroxyl groups is 1. The van der Waals surface area contributed by atoms with Crippen LogP contribution in [0.5, 0.6) is 17.2 Å². The molecule has 0 saturated heterocycles. The predicted molar refractivity (Wildman–Crippen MR) is 51.3 cm³/mol. The summed E-state index contributed by atoms with van der Waals surface area (Å²) < 4.78 is 10.4. The molecule has 0 bridgehead atoms. The van der Waals surface area contributed by atoms with Gasteiger partial charge in [0.05, 0.1) is 13.0 Å². The highest BCUT2D eigenvalue weighted by molar-refractivity contribution is 5.77. The molecule has 4 heteroatoms. The Morgan fingerprint density at radius 2 is 1.93 bits per heavy atom. The van der Waals surface area contributed by atoms with E-state index < -0.39 is 0 Å². The van der Waals surface area contributed by atoms with Crippen molar-refractivity contribution in [2.45, 2.75) is 19.3 Å². The lowest BCUT2D eigenvalue weighted by atomic mass is 10.00. The molecular formula is C11H10O4. The van der Waals surface area contributed by atoms with Crippen LogP contribution in [0.4, 0.5) is 0 Å². The van der Waals surface area contributed by atoms with Crippen molar-refractivity contribution in [3.8, 4) is 17.2 Å². The van der Waals surface area contributed by atoms with Crippen LogP contribution in [0.2, 0.25) is 0 Å². The molecule has 0 atom stereocenters. The van der Waals surface area contributed by atoms with Gasteiger partial charge in [-0.15, -0.1) is 0 Å². The third-order valence-electron chi connectivity index (χ3n) is 2.84. The largest absolute Gasteiger partial charge is 0.507 e. The SMILES string of the molecule is O=C1CCc2c(cc3c(c2O)CCO3)O1. The predicted octanol–water partition coefficient (Wildman–Crippen LogP) is 1.18. The molecule has 0 unspecified atom stereocenters. The lowest BCUT2D eigenvalue weighted by Crippen LogP contribution is -2.16. The minimum atomic E-state index is -0.250. The Hall–Kier alpha value is -1.71. The molecule has 0 amide bonds. The van der Waals surface area contributed by atoms with Gasteiger partial charge in [-0.25, -0.2) is 0 Å². The van der Waals surface area contributed by atoms with Crippen LogP contribution in [-0.4, -0.2) is 17.7 Å². The monoisotopic (exact) mass is 206 g/mol. The van der Waals surface area contributed by atoms with Crippen molar-refractivity contribution < 1.29 is 19.4 Å². The Kier molecular flexibility index (Phi) is 1.65. The summed E-state index contributed by atoms with van der Waals surface area (Å²) in [6.07, 6.45) is 1.61. The Bertz CT molecular complexity index is 450. The van der Waals surface area contributed by atoms with Crippen LogP contribution in [0.1, 0.15) is 17.5 Å². The van der Waals surface area contributed by atoms with Gasteiger partial charge in [-0.3, -0.25) is 4.79 Å².